The van der Waals surface area contributed by atoms with Crippen LogP contribution in [0.2, 0.25) is 0 Å². The Labute approximate surface area is 146 Å². The Hall–Kier alpha value is -2.69. The van der Waals surface area contributed by atoms with Gasteiger partial charge in [0.2, 0.25) is 12.7 Å². The summed E-state index contributed by atoms with van der Waals surface area (Å²) in [7, 11) is 0. The first-order valence-corrected chi connectivity index (χ1v) is 8.57. The van der Waals surface area contributed by atoms with Gasteiger partial charge in [0, 0.05) is 29.7 Å². The first-order valence-electron chi connectivity index (χ1n) is 8.57. The Bertz CT molecular complexity index is 815. The number of benzene rings is 2. The van der Waals surface area contributed by atoms with Crippen molar-refractivity contribution in [1.29, 1.82) is 0 Å². The van der Waals surface area contributed by atoms with Crippen molar-refractivity contribution < 1.29 is 19.0 Å². The summed E-state index contributed by atoms with van der Waals surface area (Å²) in [5.41, 5.74) is 2.84. The van der Waals surface area contributed by atoms with Crippen LogP contribution >= 0.6 is 0 Å². The molecule has 25 heavy (non-hydrogen) atoms. The number of anilines is 1. The molecule has 1 amide bonds. The fourth-order valence-corrected chi connectivity index (χ4v) is 3.28. The summed E-state index contributed by atoms with van der Waals surface area (Å²) in [4.78, 5) is 12.3. The second-order valence-electron chi connectivity index (χ2n) is 6.84. The van der Waals surface area contributed by atoms with Gasteiger partial charge in [-0.05, 0) is 23.6 Å². The Morgan fingerprint density at radius 3 is 2.72 bits per heavy atom. The highest BCUT2D eigenvalue weighted by molar-refractivity contribution is 5.96. The maximum absolute atomic E-state index is 12.3. The van der Waals surface area contributed by atoms with Gasteiger partial charge in [-0.1, -0.05) is 32.0 Å². The van der Waals surface area contributed by atoms with Crippen molar-refractivity contribution >= 4 is 11.6 Å². The number of ether oxygens (including phenoxy) is 3. The zero-order valence-electron chi connectivity index (χ0n) is 14.4. The van der Waals surface area contributed by atoms with Gasteiger partial charge >= 0.3 is 0 Å². The molecule has 2 heterocycles. The van der Waals surface area contributed by atoms with Gasteiger partial charge in [-0.3, -0.25) is 4.79 Å². The summed E-state index contributed by atoms with van der Waals surface area (Å²) in [6, 6.07) is 11.8. The monoisotopic (exact) mass is 339 g/mol. The molecule has 2 aliphatic rings. The molecule has 0 aromatic heterocycles. The Balaban J connectivity index is 1.76. The highest BCUT2D eigenvalue weighted by Crippen LogP contribution is 2.46. The lowest BCUT2D eigenvalue weighted by Crippen LogP contribution is -2.24. The zero-order chi connectivity index (χ0) is 17.4. The molecule has 130 valence electrons. The molecular formula is C20H21NO4. The molecule has 2 aromatic rings. The summed E-state index contributed by atoms with van der Waals surface area (Å²) in [6.45, 7) is 5.09. The van der Waals surface area contributed by atoms with Gasteiger partial charge in [0.05, 0.1) is 6.61 Å². The quantitative estimate of drug-likeness (QED) is 0.917. The van der Waals surface area contributed by atoms with E-state index in [2.05, 4.69) is 19.2 Å². The summed E-state index contributed by atoms with van der Waals surface area (Å²) in [5.74, 6) is 2.59. The van der Waals surface area contributed by atoms with Crippen LogP contribution < -0.4 is 19.5 Å². The molecule has 0 aliphatic carbocycles. The molecule has 0 spiro atoms. The van der Waals surface area contributed by atoms with Crippen molar-refractivity contribution in [3.63, 3.8) is 0 Å². The maximum atomic E-state index is 12.3. The van der Waals surface area contributed by atoms with E-state index in [9.17, 15) is 4.79 Å². The Morgan fingerprint density at radius 2 is 1.92 bits per heavy atom. The highest BCUT2D eigenvalue weighted by atomic mass is 16.7. The molecule has 4 rings (SSSR count). The van der Waals surface area contributed by atoms with Crippen LogP contribution in [0.3, 0.4) is 0 Å². The van der Waals surface area contributed by atoms with Crippen LogP contribution in [-0.2, 0) is 4.79 Å². The predicted octanol–water partition coefficient (Wildman–Crippen LogP) is 3.92. The van der Waals surface area contributed by atoms with E-state index in [4.69, 9.17) is 14.2 Å². The lowest BCUT2D eigenvalue weighted by atomic mass is 9.84. The standard InChI is InChI=1S/C20H21NO4/c1-12(2)10-23-17-6-4-3-5-13(17)14-8-20(22)21-16-9-19-18(7-15(14)16)24-11-25-19/h3-7,9,12,14H,8,10-11H2,1-2H3,(H,21,22)/t14-/m1/s1. The zero-order valence-corrected chi connectivity index (χ0v) is 14.4. The first-order chi connectivity index (χ1) is 12.1. The highest BCUT2D eigenvalue weighted by Gasteiger charge is 2.31. The molecule has 2 aromatic carbocycles. The summed E-state index contributed by atoms with van der Waals surface area (Å²) < 4.78 is 17.0. The van der Waals surface area contributed by atoms with Crippen LogP contribution in [0.5, 0.6) is 17.2 Å². The lowest BCUT2D eigenvalue weighted by Gasteiger charge is -2.27. The topological polar surface area (TPSA) is 56.8 Å². The minimum absolute atomic E-state index is 0.00460. The molecule has 0 unspecified atom stereocenters. The van der Waals surface area contributed by atoms with Crippen LogP contribution in [0.25, 0.3) is 0 Å². The lowest BCUT2D eigenvalue weighted by molar-refractivity contribution is -0.116. The van der Waals surface area contributed by atoms with Gasteiger partial charge in [-0.2, -0.15) is 0 Å². The van der Waals surface area contributed by atoms with Crippen LogP contribution in [0.1, 0.15) is 37.3 Å². The molecule has 5 heteroatoms. The van der Waals surface area contributed by atoms with Gasteiger partial charge in [-0.25, -0.2) is 0 Å². The van der Waals surface area contributed by atoms with Crippen molar-refractivity contribution in [2.24, 2.45) is 5.92 Å². The van der Waals surface area contributed by atoms with E-state index >= 15 is 0 Å². The minimum Gasteiger partial charge on any atom is -0.493 e. The van der Waals surface area contributed by atoms with Gasteiger partial charge in [0.1, 0.15) is 5.75 Å². The molecule has 0 saturated carbocycles. The van der Waals surface area contributed by atoms with Crippen molar-refractivity contribution in [2.45, 2.75) is 26.2 Å². The van der Waals surface area contributed by atoms with Gasteiger partial charge in [0.15, 0.2) is 11.5 Å². The fourth-order valence-electron chi connectivity index (χ4n) is 3.28. The summed E-state index contributed by atoms with van der Waals surface area (Å²) >= 11 is 0. The molecule has 0 bridgehead atoms. The van der Waals surface area contributed by atoms with E-state index in [-0.39, 0.29) is 18.6 Å². The number of rotatable bonds is 4. The second kappa shape index (κ2) is 6.31. The number of nitrogens with one attached hydrogen (secondary N) is 1. The number of hydrogen-bond donors (Lipinski definition) is 1. The van der Waals surface area contributed by atoms with Crippen molar-refractivity contribution in [3.8, 4) is 17.2 Å². The smallest absolute Gasteiger partial charge is 0.231 e. The van der Waals surface area contributed by atoms with Crippen LogP contribution in [0.4, 0.5) is 5.69 Å². The molecule has 1 atom stereocenters. The molecule has 2 aliphatic heterocycles. The van der Waals surface area contributed by atoms with E-state index < -0.39 is 0 Å². The normalized spacial score (nSPS) is 18.0. The number of carbonyl (C=O) groups is 1. The van der Waals surface area contributed by atoms with E-state index in [0.717, 1.165) is 28.3 Å². The van der Waals surface area contributed by atoms with Crippen molar-refractivity contribution in [2.75, 3.05) is 18.7 Å². The van der Waals surface area contributed by atoms with E-state index in [1.54, 1.807) is 0 Å². The Kier molecular flexibility index (Phi) is 3.99. The Morgan fingerprint density at radius 1 is 1.16 bits per heavy atom. The molecule has 0 radical (unpaired) electrons. The van der Waals surface area contributed by atoms with Gasteiger partial charge in [0.25, 0.3) is 0 Å². The number of fused-ring (bicyclic) bond motifs is 2. The second-order valence-corrected chi connectivity index (χ2v) is 6.84. The van der Waals surface area contributed by atoms with Crippen molar-refractivity contribution in [1.82, 2.24) is 0 Å². The average Bonchev–Trinajstić information content (AvgIpc) is 3.05. The molecule has 1 N–H and O–H groups in total. The number of carbonyl (C=O) groups excluding carboxylic acids is 1. The third-order valence-electron chi connectivity index (χ3n) is 4.45. The molecule has 0 fully saturated rings. The van der Waals surface area contributed by atoms with E-state index in [1.165, 1.54) is 0 Å². The predicted molar refractivity (Wildman–Crippen MR) is 94.4 cm³/mol. The maximum Gasteiger partial charge on any atom is 0.231 e. The number of hydrogen-bond acceptors (Lipinski definition) is 4. The largest absolute Gasteiger partial charge is 0.493 e. The van der Waals surface area contributed by atoms with Crippen molar-refractivity contribution in [3.05, 3.63) is 47.5 Å². The van der Waals surface area contributed by atoms with E-state index in [0.29, 0.717) is 24.7 Å². The summed E-state index contributed by atoms with van der Waals surface area (Å²) in [6.07, 6.45) is 0.384. The van der Waals surface area contributed by atoms with Crippen LogP contribution in [-0.4, -0.2) is 19.3 Å². The SMILES string of the molecule is CC(C)COc1ccccc1[C@H]1CC(=O)Nc2cc3c(cc21)OCO3. The average molecular weight is 339 g/mol. The summed E-state index contributed by atoms with van der Waals surface area (Å²) in [5, 5.41) is 2.94. The molecular weight excluding hydrogens is 318 g/mol. The number of para-hydroxylation sites is 1. The van der Waals surface area contributed by atoms with E-state index in [1.807, 2.05) is 36.4 Å². The van der Waals surface area contributed by atoms with Crippen LogP contribution in [0, 0.1) is 5.92 Å². The number of amides is 1. The molecule has 5 nitrogen and oxygen atoms in total. The third-order valence-corrected chi connectivity index (χ3v) is 4.45. The van der Waals surface area contributed by atoms with Gasteiger partial charge in [-0.15, -0.1) is 0 Å². The van der Waals surface area contributed by atoms with Gasteiger partial charge < -0.3 is 19.5 Å². The first kappa shape index (κ1) is 15.8. The third kappa shape index (κ3) is 3.02. The minimum atomic E-state index is -0.0680. The fraction of sp³-hybridized carbons (Fsp3) is 0.350. The molecule has 0 saturated heterocycles. The van der Waals surface area contributed by atoms with Crippen LogP contribution in [0.15, 0.2) is 36.4 Å².